The van der Waals surface area contributed by atoms with E-state index in [0.717, 1.165) is 0 Å². The van der Waals surface area contributed by atoms with E-state index in [1.54, 1.807) is 12.1 Å². The predicted octanol–water partition coefficient (Wildman–Crippen LogP) is 3.58. The van der Waals surface area contributed by atoms with Crippen LogP contribution in [0, 0.1) is 6.85 Å². The van der Waals surface area contributed by atoms with Gasteiger partial charge in [0.1, 0.15) is 12.4 Å². The van der Waals surface area contributed by atoms with E-state index in [2.05, 4.69) is 15.2 Å². The number of halogens is 1. The predicted molar refractivity (Wildman–Crippen MR) is 86.9 cm³/mol. The molecule has 4 nitrogen and oxygen atoms in total. The van der Waals surface area contributed by atoms with Gasteiger partial charge in [0.15, 0.2) is 5.82 Å². The van der Waals surface area contributed by atoms with Crippen LogP contribution in [0.2, 0.25) is 5.02 Å². The molecular formula is C17H13ClN4. The number of aromatic nitrogens is 3. The summed E-state index contributed by atoms with van der Waals surface area (Å²) in [6.07, 6.45) is 0. The monoisotopic (exact) mass is 316 g/mol. The molecule has 0 spiro atoms. The smallest absolute Gasteiger partial charge is 0.159 e. The van der Waals surface area contributed by atoms with Crippen LogP contribution >= 0.6 is 11.6 Å². The Kier molecular flexibility index (Phi) is 1.66. The van der Waals surface area contributed by atoms with Gasteiger partial charge in [0.2, 0.25) is 0 Å². The fourth-order valence-corrected chi connectivity index (χ4v) is 2.55. The number of rotatable bonds is 1. The maximum absolute atomic E-state index is 8.29. The lowest BCUT2D eigenvalue weighted by atomic mass is 10.0. The highest BCUT2D eigenvalue weighted by molar-refractivity contribution is 6.31. The summed E-state index contributed by atoms with van der Waals surface area (Å²) in [7, 11) is 0. The minimum atomic E-state index is -2.55. The summed E-state index contributed by atoms with van der Waals surface area (Å²) in [5.74, 6) is -0.0225. The molecule has 1 aliphatic heterocycles. The molecule has 0 radical (unpaired) electrons. The molecule has 4 rings (SSSR count). The topological polar surface area (TPSA) is 43.1 Å². The third-order valence-corrected chi connectivity index (χ3v) is 3.54. The van der Waals surface area contributed by atoms with Crippen LogP contribution < -0.4 is 0 Å². The van der Waals surface area contributed by atoms with Crippen LogP contribution in [-0.4, -0.2) is 20.5 Å². The first-order valence-corrected chi connectivity index (χ1v) is 6.77. The highest BCUT2D eigenvalue weighted by Gasteiger charge is 2.21. The third-order valence-electron chi connectivity index (χ3n) is 3.30. The molecule has 0 fully saturated rings. The maximum atomic E-state index is 8.29. The Bertz CT molecular complexity index is 1200. The standard InChI is InChI=1S/C17H13ClN4/c1-11-20-21-16-10-19-17(12-5-3-2-4-6-12)14-9-13(18)7-8-15(14)22(11)16/h2-9H,10H2,1H3/i1D3,2D,3D,4D,5D,6D. The van der Waals surface area contributed by atoms with Gasteiger partial charge in [-0.3, -0.25) is 9.56 Å². The number of benzene rings is 2. The first-order valence-electron chi connectivity index (χ1n) is 10.4. The van der Waals surface area contributed by atoms with Crippen LogP contribution in [0.15, 0.2) is 53.4 Å². The van der Waals surface area contributed by atoms with Crippen molar-refractivity contribution >= 4 is 17.3 Å². The second-order valence-electron chi connectivity index (χ2n) is 4.60. The molecule has 0 amide bonds. The summed E-state index contributed by atoms with van der Waals surface area (Å²) in [6.45, 7) is -2.66. The lowest BCUT2D eigenvalue weighted by molar-refractivity contribution is 0.862. The summed E-state index contributed by atoms with van der Waals surface area (Å²) < 4.78 is 65.0. The van der Waals surface area contributed by atoms with Crippen molar-refractivity contribution in [2.45, 2.75) is 13.4 Å². The Morgan fingerprint density at radius 2 is 2.09 bits per heavy atom. The number of hydrogen-bond donors (Lipinski definition) is 0. The largest absolute Gasteiger partial charge is 0.281 e. The molecule has 5 heteroatoms. The van der Waals surface area contributed by atoms with E-state index in [-0.39, 0.29) is 29.5 Å². The Balaban J connectivity index is 2.07. The van der Waals surface area contributed by atoms with E-state index in [9.17, 15) is 0 Å². The summed E-state index contributed by atoms with van der Waals surface area (Å²) in [4.78, 5) is 4.43. The van der Waals surface area contributed by atoms with Crippen molar-refractivity contribution in [3.63, 3.8) is 0 Å². The number of hydrogen-bond acceptors (Lipinski definition) is 3. The molecule has 2 aromatic carbocycles. The fourth-order valence-electron chi connectivity index (χ4n) is 2.38. The molecule has 3 aromatic rings. The number of aliphatic imine (C=N–C) groups is 1. The summed E-state index contributed by atoms with van der Waals surface area (Å²) >= 11 is 6.18. The Hall–Kier alpha value is -2.46. The second kappa shape index (κ2) is 5.07. The first-order chi connectivity index (χ1) is 14.0. The van der Waals surface area contributed by atoms with Gasteiger partial charge >= 0.3 is 0 Å². The second-order valence-corrected chi connectivity index (χ2v) is 5.04. The SMILES string of the molecule is [2H]c1c([2H])c([2H])c(C2=NCc3nnc(C([2H])([2H])[2H])n3-c3ccc(Cl)cc32)c([2H])c1[2H]. The van der Waals surface area contributed by atoms with Gasteiger partial charge in [0.25, 0.3) is 0 Å². The molecule has 0 saturated carbocycles. The zero-order chi connectivity index (χ0) is 22.0. The molecule has 1 aliphatic rings. The molecule has 0 bridgehead atoms. The number of aryl methyl sites for hydroxylation is 1. The van der Waals surface area contributed by atoms with Crippen LogP contribution in [0.1, 0.15) is 33.7 Å². The zero-order valence-electron chi connectivity index (χ0n) is 19.1. The quantitative estimate of drug-likeness (QED) is 0.688. The third kappa shape index (κ3) is 2.04. The highest BCUT2D eigenvalue weighted by atomic mass is 35.5. The van der Waals surface area contributed by atoms with Crippen LogP contribution in [0.4, 0.5) is 0 Å². The summed E-state index contributed by atoms with van der Waals surface area (Å²) in [6, 6.07) is 2.28. The van der Waals surface area contributed by atoms with E-state index in [0.29, 0.717) is 16.3 Å². The van der Waals surface area contributed by atoms with Crippen molar-refractivity contribution in [2.75, 3.05) is 0 Å². The molecule has 0 atom stereocenters. The van der Waals surface area contributed by atoms with Crippen molar-refractivity contribution in [3.8, 4) is 5.69 Å². The normalized spacial score (nSPS) is 18.9. The van der Waals surface area contributed by atoms with Gasteiger partial charge in [-0.2, -0.15) is 0 Å². The average Bonchev–Trinajstić information content (AvgIpc) is 3.05. The minimum Gasteiger partial charge on any atom is -0.281 e. The van der Waals surface area contributed by atoms with E-state index in [1.807, 2.05) is 0 Å². The van der Waals surface area contributed by atoms with Crippen LogP contribution in [0.5, 0.6) is 0 Å². The van der Waals surface area contributed by atoms with Crippen molar-refractivity contribution in [1.82, 2.24) is 14.8 Å². The van der Waals surface area contributed by atoms with E-state index in [1.165, 1.54) is 10.6 Å². The lowest BCUT2D eigenvalue weighted by Gasteiger charge is -2.12. The van der Waals surface area contributed by atoms with Gasteiger partial charge in [0, 0.05) is 20.3 Å². The molecule has 1 aromatic heterocycles. The zero-order valence-corrected chi connectivity index (χ0v) is 11.9. The average molecular weight is 317 g/mol. The molecule has 0 aliphatic carbocycles. The maximum Gasteiger partial charge on any atom is 0.159 e. The van der Waals surface area contributed by atoms with Gasteiger partial charge in [-0.1, -0.05) is 41.8 Å². The molecule has 0 saturated heterocycles. The Morgan fingerprint density at radius 1 is 1.23 bits per heavy atom. The van der Waals surface area contributed by atoms with Crippen molar-refractivity contribution in [2.24, 2.45) is 4.99 Å². The van der Waals surface area contributed by atoms with Gasteiger partial charge in [-0.25, -0.2) is 0 Å². The van der Waals surface area contributed by atoms with Gasteiger partial charge in [-0.05, 0) is 25.1 Å². The number of nitrogens with zero attached hydrogens (tertiary/aromatic N) is 4. The minimum absolute atomic E-state index is 0.0985. The first kappa shape index (κ1) is 7.20. The Morgan fingerprint density at radius 3 is 2.91 bits per heavy atom. The van der Waals surface area contributed by atoms with Crippen molar-refractivity contribution in [3.05, 3.63) is 76.2 Å². The van der Waals surface area contributed by atoms with Crippen LogP contribution in [0.25, 0.3) is 5.69 Å². The van der Waals surface area contributed by atoms with Crippen molar-refractivity contribution < 1.29 is 11.0 Å². The molecule has 0 N–H and O–H groups in total. The fraction of sp³-hybridized carbons (Fsp3) is 0.118. The van der Waals surface area contributed by atoms with Crippen LogP contribution in [0.3, 0.4) is 0 Å². The van der Waals surface area contributed by atoms with Gasteiger partial charge < -0.3 is 0 Å². The van der Waals surface area contributed by atoms with Gasteiger partial charge in [0.05, 0.1) is 18.3 Å². The van der Waals surface area contributed by atoms with E-state index in [4.69, 9.17) is 22.6 Å². The lowest BCUT2D eigenvalue weighted by Crippen LogP contribution is -2.08. The van der Waals surface area contributed by atoms with Crippen molar-refractivity contribution in [1.29, 1.82) is 0 Å². The Labute approximate surface area is 144 Å². The molecular weight excluding hydrogens is 296 g/mol. The van der Waals surface area contributed by atoms with Crippen LogP contribution in [-0.2, 0) is 6.54 Å². The van der Waals surface area contributed by atoms with E-state index < -0.39 is 37.1 Å². The summed E-state index contributed by atoms with van der Waals surface area (Å²) in [5.41, 5.74) is 0.656. The van der Waals surface area contributed by atoms with E-state index >= 15 is 0 Å². The van der Waals surface area contributed by atoms with Gasteiger partial charge in [-0.15, -0.1) is 10.2 Å². The molecule has 2 heterocycles. The number of fused-ring (bicyclic) bond motifs is 3. The molecule has 0 unspecified atom stereocenters. The highest BCUT2D eigenvalue weighted by Crippen LogP contribution is 2.27. The summed E-state index contributed by atoms with van der Waals surface area (Å²) in [5, 5.41) is 8.04. The molecule has 22 heavy (non-hydrogen) atoms. The molecule has 108 valence electrons.